The number of para-hydroxylation sites is 1. The van der Waals surface area contributed by atoms with Crippen LogP contribution in [0.1, 0.15) is 33.6 Å². The molecular weight excluding hydrogens is 238 g/mol. The molecule has 96 valence electrons. The summed E-state index contributed by atoms with van der Waals surface area (Å²) in [7, 11) is 0. The molecule has 0 bridgehead atoms. The van der Waals surface area contributed by atoms with Crippen molar-refractivity contribution in [2.45, 2.75) is 19.8 Å². The molecule has 0 amide bonds. The van der Waals surface area contributed by atoms with Crippen LogP contribution in [0.4, 0.5) is 0 Å². The van der Waals surface area contributed by atoms with Crippen molar-refractivity contribution in [2.24, 2.45) is 0 Å². The predicted octanol–water partition coefficient (Wildman–Crippen LogP) is 2.95. The van der Waals surface area contributed by atoms with Gasteiger partial charge >= 0.3 is 0 Å². The summed E-state index contributed by atoms with van der Waals surface area (Å²) in [4.78, 5) is 16.7. The third kappa shape index (κ3) is 2.24. The second-order valence-corrected chi connectivity index (χ2v) is 4.79. The Morgan fingerprint density at radius 2 is 2.21 bits per heavy atom. The first-order chi connectivity index (χ1) is 9.25. The van der Waals surface area contributed by atoms with Crippen molar-refractivity contribution in [1.82, 2.24) is 4.98 Å². The third-order valence-electron chi connectivity index (χ3n) is 3.33. The van der Waals surface area contributed by atoms with E-state index in [0.717, 1.165) is 29.7 Å². The van der Waals surface area contributed by atoms with E-state index >= 15 is 0 Å². The maximum Gasteiger partial charge on any atom is 0.215 e. The number of carbonyl (C=O) groups is 1. The zero-order valence-corrected chi connectivity index (χ0v) is 10.8. The lowest BCUT2D eigenvalue weighted by atomic mass is 9.98. The van der Waals surface area contributed by atoms with Gasteiger partial charge in [-0.1, -0.05) is 12.1 Å². The molecule has 0 radical (unpaired) electrons. The van der Waals surface area contributed by atoms with Gasteiger partial charge in [0.15, 0.2) is 0 Å². The lowest BCUT2D eigenvalue weighted by Gasteiger charge is -2.19. The highest BCUT2D eigenvalue weighted by molar-refractivity contribution is 6.09. The summed E-state index contributed by atoms with van der Waals surface area (Å²) in [5, 5.41) is 0. The number of fused-ring (bicyclic) bond motifs is 1. The highest BCUT2D eigenvalue weighted by Gasteiger charge is 2.20. The van der Waals surface area contributed by atoms with Gasteiger partial charge in [-0.2, -0.15) is 0 Å². The Hall–Kier alpha value is -2.16. The van der Waals surface area contributed by atoms with Crippen LogP contribution in [0.2, 0.25) is 0 Å². The third-order valence-corrected chi connectivity index (χ3v) is 3.33. The van der Waals surface area contributed by atoms with Crippen LogP contribution in [0, 0.1) is 6.92 Å². The molecule has 1 aliphatic rings. The molecule has 0 saturated heterocycles. The molecule has 0 saturated carbocycles. The van der Waals surface area contributed by atoms with Crippen molar-refractivity contribution in [1.29, 1.82) is 0 Å². The molecule has 2 heterocycles. The number of nitrogens with zero attached hydrogens (tertiary/aromatic N) is 1. The fourth-order valence-electron chi connectivity index (χ4n) is 2.37. The smallest absolute Gasteiger partial charge is 0.215 e. The largest absolute Gasteiger partial charge is 0.493 e. The number of ether oxygens (including phenoxy) is 1. The van der Waals surface area contributed by atoms with Crippen molar-refractivity contribution in [3.63, 3.8) is 0 Å². The molecule has 0 fully saturated rings. The molecule has 1 aromatic heterocycles. The van der Waals surface area contributed by atoms with Gasteiger partial charge in [0.25, 0.3) is 0 Å². The van der Waals surface area contributed by atoms with E-state index in [-0.39, 0.29) is 5.78 Å². The predicted molar refractivity (Wildman–Crippen MR) is 72.7 cm³/mol. The van der Waals surface area contributed by atoms with Gasteiger partial charge in [0.05, 0.1) is 12.2 Å². The molecule has 0 aliphatic carbocycles. The highest BCUT2D eigenvalue weighted by Crippen LogP contribution is 2.30. The van der Waals surface area contributed by atoms with Crippen LogP contribution >= 0.6 is 0 Å². The number of aryl methyl sites for hydroxylation is 2. The molecule has 3 nitrogen and oxygen atoms in total. The minimum Gasteiger partial charge on any atom is -0.493 e. The topological polar surface area (TPSA) is 39.2 Å². The zero-order chi connectivity index (χ0) is 13.2. The summed E-state index contributed by atoms with van der Waals surface area (Å²) < 4.78 is 5.68. The Morgan fingerprint density at radius 3 is 3.05 bits per heavy atom. The molecule has 1 aliphatic heterocycles. The molecule has 1 aromatic carbocycles. The maximum absolute atomic E-state index is 12.5. The number of carbonyl (C=O) groups excluding carboxylic acids is 1. The molecule has 0 N–H and O–H groups in total. The van der Waals surface area contributed by atoms with E-state index < -0.39 is 0 Å². The van der Waals surface area contributed by atoms with Crippen LogP contribution in [-0.4, -0.2) is 17.4 Å². The fraction of sp³-hybridized carbons (Fsp3) is 0.250. The lowest BCUT2D eigenvalue weighted by molar-refractivity contribution is 0.102. The number of ketones is 1. The van der Waals surface area contributed by atoms with Gasteiger partial charge in [-0.15, -0.1) is 0 Å². The van der Waals surface area contributed by atoms with Gasteiger partial charge in [0.1, 0.15) is 11.4 Å². The summed E-state index contributed by atoms with van der Waals surface area (Å²) in [5.74, 6) is 0.671. The summed E-state index contributed by atoms with van der Waals surface area (Å²) in [6.45, 7) is 2.63. The number of hydrogen-bond donors (Lipinski definition) is 0. The number of rotatable bonds is 2. The van der Waals surface area contributed by atoms with Gasteiger partial charge in [0, 0.05) is 6.20 Å². The second-order valence-electron chi connectivity index (χ2n) is 4.79. The molecule has 2 aromatic rings. The molecule has 0 spiro atoms. The summed E-state index contributed by atoms with van der Waals surface area (Å²) in [5.41, 5.74) is 3.24. The van der Waals surface area contributed by atoms with Crippen molar-refractivity contribution >= 4 is 5.78 Å². The average molecular weight is 253 g/mol. The molecule has 0 atom stereocenters. The van der Waals surface area contributed by atoms with Crippen molar-refractivity contribution in [3.05, 3.63) is 58.9 Å². The monoisotopic (exact) mass is 253 g/mol. The summed E-state index contributed by atoms with van der Waals surface area (Å²) in [6, 6.07) is 9.44. The standard InChI is InChI=1S/C16H15NO2/c1-11-7-8-17-14(10-11)15(18)13-6-2-4-12-5-3-9-19-16(12)13/h2,4,6-8,10H,3,5,9H2,1H3. The Bertz CT molecular complexity index is 634. The second kappa shape index (κ2) is 4.84. The van der Waals surface area contributed by atoms with Crippen LogP contribution in [0.5, 0.6) is 5.75 Å². The number of hydrogen-bond acceptors (Lipinski definition) is 3. The lowest BCUT2D eigenvalue weighted by Crippen LogP contribution is -2.14. The van der Waals surface area contributed by atoms with E-state index in [2.05, 4.69) is 4.98 Å². The minimum absolute atomic E-state index is 0.0672. The van der Waals surface area contributed by atoms with E-state index in [9.17, 15) is 4.79 Å². The number of aromatic nitrogens is 1. The Labute approximate surface area is 112 Å². The van der Waals surface area contributed by atoms with Crippen LogP contribution in [0.15, 0.2) is 36.5 Å². The first-order valence-corrected chi connectivity index (χ1v) is 6.48. The van der Waals surface area contributed by atoms with Crippen LogP contribution < -0.4 is 4.74 Å². The van der Waals surface area contributed by atoms with E-state index in [4.69, 9.17) is 4.74 Å². The SMILES string of the molecule is Cc1ccnc(C(=O)c2cccc3c2OCCC3)c1. The van der Waals surface area contributed by atoms with E-state index in [0.29, 0.717) is 17.9 Å². The zero-order valence-electron chi connectivity index (χ0n) is 10.8. The van der Waals surface area contributed by atoms with Gasteiger partial charge in [-0.25, -0.2) is 0 Å². The average Bonchev–Trinajstić information content (AvgIpc) is 2.46. The number of pyridine rings is 1. The van der Waals surface area contributed by atoms with Crippen LogP contribution in [0.3, 0.4) is 0 Å². The minimum atomic E-state index is -0.0672. The van der Waals surface area contributed by atoms with Gasteiger partial charge in [-0.05, 0) is 49.1 Å². The molecule has 3 rings (SSSR count). The fourth-order valence-corrected chi connectivity index (χ4v) is 2.37. The van der Waals surface area contributed by atoms with E-state index in [1.807, 2.05) is 37.3 Å². The van der Waals surface area contributed by atoms with Gasteiger partial charge in [0.2, 0.25) is 5.78 Å². The van der Waals surface area contributed by atoms with Crippen molar-refractivity contribution < 1.29 is 9.53 Å². The number of benzene rings is 1. The molecular formula is C16H15NO2. The van der Waals surface area contributed by atoms with Gasteiger partial charge < -0.3 is 4.74 Å². The maximum atomic E-state index is 12.5. The van der Waals surface area contributed by atoms with Gasteiger partial charge in [-0.3, -0.25) is 9.78 Å². The normalized spacial score (nSPS) is 13.5. The Kier molecular flexibility index (Phi) is 3.03. The van der Waals surface area contributed by atoms with Crippen LogP contribution in [0.25, 0.3) is 0 Å². The summed E-state index contributed by atoms with van der Waals surface area (Å²) in [6.07, 6.45) is 3.64. The quantitative estimate of drug-likeness (QED) is 0.772. The Balaban J connectivity index is 2.05. The van der Waals surface area contributed by atoms with Crippen LogP contribution in [-0.2, 0) is 6.42 Å². The molecule has 0 unspecified atom stereocenters. The summed E-state index contributed by atoms with van der Waals surface area (Å²) >= 11 is 0. The molecule has 3 heteroatoms. The van der Waals surface area contributed by atoms with Crippen molar-refractivity contribution in [3.8, 4) is 5.75 Å². The van der Waals surface area contributed by atoms with E-state index in [1.54, 1.807) is 6.20 Å². The Morgan fingerprint density at radius 1 is 1.32 bits per heavy atom. The highest BCUT2D eigenvalue weighted by atomic mass is 16.5. The first-order valence-electron chi connectivity index (χ1n) is 6.48. The van der Waals surface area contributed by atoms with Crippen molar-refractivity contribution in [2.75, 3.05) is 6.61 Å². The van der Waals surface area contributed by atoms with E-state index in [1.165, 1.54) is 0 Å². The first kappa shape index (κ1) is 11.9. The molecule has 19 heavy (non-hydrogen) atoms.